The van der Waals surface area contributed by atoms with Crippen LogP contribution in [0.5, 0.6) is 0 Å². The van der Waals surface area contributed by atoms with Crippen LogP contribution in [-0.2, 0) is 71.9 Å². The summed E-state index contributed by atoms with van der Waals surface area (Å²) in [6, 6.07) is -16.0. The van der Waals surface area contributed by atoms with Crippen molar-refractivity contribution < 1.29 is 87.2 Å². The van der Waals surface area contributed by atoms with E-state index >= 15 is 0 Å². The normalized spacial score (nSPS) is 14.8. The molecule has 0 aliphatic rings. The summed E-state index contributed by atoms with van der Waals surface area (Å²) in [5, 5.41) is 59.4. The Hall–Kier alpha value is -9.61. The van der Waals surface area contributed by atoms with E-state index in [1.165, 1.54) is 0 Å². The first-order chi connectivity index (χ1) is 49.3. The second-order valence-electron chi connectivity index (χ2n) is 26.2. The van der Waals surface area contributed by atoms with Crippen LogP contribution in [0.4, 0.5) is 0 Å². The summed E-state index contributed by atoms with van der Waals surface area (Å²) in [5.74, 6) is -17.0. The number of carbonyl (C=O) groups excluding carboxylic acids is 13. The summed E-state index contributed by atoms with van der Waals surface area (Å²) < 4.78 is 0. The molecule has 41 nitrogen and oxygen atoms in total. The highest BCUT2D eigenvalue weighted by Crippen LogP contribution is 2.14. The number of carboxylic acids is 2. The number of amides is 13. The van der Waals surface area contributed by atoms with Gasteiger partial charge in [-0.15, -0.1) is 0 Å². The number of aliphatic hydroxyl groups is 1. The van der Waals surface area contributed by atoms with Crippen molar-refractivity contribution in [2.75, 3.05) is 45.8 Å². The van der Waals surface area contributed by atoms with Gasteiger partial charge in [-0.05, 0) is 141 Å². The fraction of sp³-hybridized carbons (Fsp3) is 0.734. The van der Waals surface area contributed by atoms with Crippen LogP contribution in [0.3, 0.4) is 0 Å². The zero-order valence-electron chi connectivity index (χ0n) is 61.4. The molecular formula is C64H119N23O18. The Morgan fingerprint density at radius 2 is 0.762 bits per heavy atom. The number of rotatable bonds is 56. The number of aliphatic carboxylic acids is 2. The van der Waals surface area contributed by atoms with E-state index in [9.17, 15) is 87.2 Å². The topological polar surface area (TPSA) is 720 Å². The van der Waals surface area contributed by atoms with Gasteiger partial charge in [0.25, 0.3) is 0 Å². The van der Waals surface area contributed by atoms with Gasteiger partial charge < -0.3 is 131 Å². The van der Waals surface area contributed by atoms with Gasteiger partial charge in [0.1, 0.15) is 60.4 Å². The number of carbonyl (C=O) groups is 15. The molecule has 105 heavy (non-hydrogen) atoms. The van der Waals surface area contributed by atoms with Crippen molar-refractivity contribution in [3.8, 4) is 0 Å². The fourth-order valence-electron chi connectivity index (χ4n) is 10.2. The maximum absolute atomic E-state index is 14.4. The van der Waals surface area contributed by atoms with Gasteiger partial charge in [-0.2, -0.15) is 0 Å². The summed E-state index contributed by atoms with van der Waals surface area (Å²) in [4.78, 5) is 209. The number of guanidine groups is 2. The maximum Gasteiger partial charge on any atom is 0.326 e. The van der Waals surface area contributed by atoms with Crippen molar-refractivity contribution in [2.24, 2.45) is 79.3 Å². The van der Waals surface area contributed by atoms with Gasteiger partial charge in [0.05, 0.1) is 31.7 Å². The molecule has 33 N–H and O–H groups in total. The molecule has 0 spiro atoms. The van der Waals surface area contributed by atoms with Crippen LogP contribution in [0.2, 0.25) is 0 Å². The van der Waals surface area contributed by atoms with Crippen molar-refractivity contribution in [2.45, 2.75) is 237 Å². The zero-order valence-corrected chi connectivity index (χ0v) is 61.4. The molecule has 41 heteroatoms. The molecule has 0 fully saturated rings. The second kappa shape index (κ2) is 52.4. The van der Waals surface area contributed by atoms with Gasteiger partial charge in [-0.3, -0.25) is 77.1 Å². The summed E-state index contributed by atoms with van der Waals surface area (Å²) >= 11 is 0. The zero-order chi connectivity index (χ0) is 80.1. The minimum Gasteiger partial charge on any atom is -0.481 e. The average molecular weight is 1500 g/mol. The molecule has 0 heterocycles. The number of aliphatic imine (C=N–C) groups is 2. The number of carboxylic acid groups (broad SMARTS) is 2. The Morgan fingerprint density at radius 3 is 1.16 bits per heavy atom. The third kappa shape index (κ3) is 40.9. The molecule has 0 aromatic heterocycles. The molecule has 0 rings (SSSR count). The van der Waals surface area contributed by atoms with E-state index in [1.807, 2.05) is 13.8 Å². The first-order valence-corrected chi connectivity index (χ1v) is 35.3. The van der Waals surface area contributed by atoms with Crippen molar-refractivity contribution in [3.05, 3.63) is 0 Å². The molecule has 0 bridgehead atoms. The average Bonchev–Trinajstić information content (AvgIpc) is 0.974. The standard InChI is InChI=1S/C64H119N23O18/c1-8-35(6)50(87-57(99)42(21-16-28-75-64(72)73)79-52(94)37(68)29-33(2)3)60(102)84-44(30-48(92)93)58(100)81-41(19-11-14-26-67)55(97)80-39(20-15-27-74-63(70)71)54(96)76-31-46(90)78-40(18-10-13-25-66)56(98)86-49(34(4)5)59(101)82-38(17-9-12-24-65)53(95)77-32-47(91)85-51(36(7)88)61(103)83-43(62(104)105)22-23-45(69)89/h33-44,49-51,88H,8-32,65-68H2,1-7H3,(H2,69,89)(H,76,96)(H,77,95)(H,78,90)(H,79,94)(H,80,97)(H,81,100)(H,82,101)(H,83,103)(H,84,102)(H,85,91)(H,86,98)(H,87,99)(H,92,93)(H,104,105)(H4,70,71,74)(H4,72,73,75)/t35-,36+,37-,38-,39-,40-,41-,42-,43-,44-,49-,50-,51-/m0/s1. The first-order valence-electron chi connectivity index (χ1n) is 35.3. The van der Waals surface area contributed by atoms with Crippen molar-refractivity contribution in [1.29, 1.82) is 0 Å². The predicted molar refractivity (Wildman–Crippen MR) is 386 cm³/mol. The number of hydrogen-bond donors (Lipinski definition) is 24. The number of primary amides is 1. The molecule has 13 amide bonds. The highest BCUT2D eigenvalue weighted by molar-refractivity contribution is 6.00. The van der Waals surface area contributed by atoms with Crippen LogP contribution in [0.15, 0.2) is 9.98 Å². The minimum atomic E-state index is -1.88. The molecule has 0 saturated heterocycles. The fourth-order valence-corrected chi connectivity index (χ4v) is 10.2. The largest absolute Gasteiger partial charge is 0.481 e. The summed E-state index contributed by atoms with van der Waals surface area (Å²) in [7, 11) is 0. The second-order valence-corrected chi connectivity index (χ2v) is 26.2. The van der Waals surface area contributed by atoms with E-state index in [0.29, 0.717) is 19.3 Å². The summed E-state index contributed by atoms with van der Waals surface area (Å²) in [6.45, 7) is 10.2. The van der Waals surface area contributed by atoms with Gasteiger partial charge in [0.2, 0.25) is 76.8 Å². The Kier molecular flexibility index (Phi) is 47.6. The first kappa shape index (κ1) is 95.4. The van der Waals surface area contributed by atoms with Crippen molar-refractivity contribution in [1.82, 2.24) is 63.8 Å². The van der Waals surface area contributed by atoms with Gasteiger partial charge in [0, 0.05) is 19.5 Å². The van der Waals surface area contributed by atoms with Crippen LogP contribution in [-0.4, -0.2) is 234 Å². The highest BCUT2D eigenvalue weighted by Gasteiger charge is 2.38. The number of nitrogens with two attached hydrogens (primary N) is 9. The van der Waals surface area contributed by atoms with Gasteiger partial charge in [-0.25, -0.2) is 4.79 Å². The van der Waals surface area contributed by atoms with E-state index in [-0.39, 0.29) is 128 Å². The number of unbranched alkanes of at least 4 members (excludes halogenated alkanes) is 3. The lowest BCUT2D eigenvalue weighted by Crippen LogP contribution is -2.61. The molecular weight excluding hydrogens is 1380 g/mol. The molecule has 0 aromatic rings. The lowest BCUT2D eigenvalue weighted by atomic mass is 9.96. The molecule has 0 aromatic carbocycles. The number of aliphatic hydroxyl groups excluding tert-OH is 1. The van der Waals surface area contributed by atoms with Crippen LogP contribution in [0, 0.1) is 17.8 Å². The summed E-state index contributed by atoms with van der Waals surface area (Å²) in [5.41, 5.74) is 50.4. The van der Waals surface area contributed by atoms with Crippen LogP contribution >= 0.6 is 0 Å². The van der Waals surface area contributed by atoms with E-state index < -0.39 is 205 Å². The maximum atomic E-state index is 14.4. The molecule has 0 radical (unpaired) electrons. The van der Waals surface area contributed by atoms with Crippen LogP contribution < -0.4 is 115 Å². The molecule has 0 unspecified atom stereocenters. The Labute approximate surface area is 611 Å². The number of nitrogens with one attached hydrogen (secondary N) is 12. The smallest absolute Gasteiger partial charge is 0.326 e. The van der Waals surface area contributed by atoms with E-state index in [1.54, 1.807) is 27.7 Å². The Bertz CT molecular complexity index is 2900. The van der Waals surface area contributed by atoms with E-state index in [2.05, 4.69) is 73.8 Å². The van der Waals surface area contributed by atoms with Crippen LogP contribution in [0.1, 0.15) is 164 Å². The quantitative estimate of drug-likeness (QED) is 0.0153. The highest BCUT2D eigenvalue weighted by atomic mass is 16.4. The third-order valence-corrected chi connectivity index (χ3v) is 16.3. The minimum absolute atomic E-state index is 0.0105. The van der Waals surface area contributed by atoms with Gasteiger partial charge in [0.15, 0.2) is 11.9 Å². The Balaban J connectivity index is 6.84. The van der Waals surface area contributed by atoms with E-state index in [4.69, 9.17) is 51.6 Å². The lowest BCUT2D eigenvalue weighted by molar-refractivity contribution is -0.143. The lowest BCUT2D eigenvalue weighted by Gasteiger charge is -2.29. The summed E-state index contributed by atoms with van der Waals surface area (Å²) in [6.07, 6.45) is -1.18. The SMILES string of the molecule is CC[C@H](C)[C@H](NC(=O)[C@H](CCCN=C(N)N)NC(=O)[C@@H](N)CC(C)C)C(=O)N[C@@H](CC(=O)O)C(=O)N[C@@H](CCCCN)C(=O)N[C@@H](CCCN=C(N)N)C(=O)NCC(=O)N[C@@H](CCCCN)C(=O)N[C@H](C(=O)N[C@@H](CCCCN)C(=O)NCC(=O)N[C@H](C(=O)N[C@@H](CCC(N)=O)C(=O)O)[C@@H](C)O)C(C)C. The monoisotopic (exact) mass is 1500 g/mol. The van der Waals surface area contributed by atoms with Crippen molar-refractivity contribution >= 4 is 101 Å². The molecule has 598 valence electrons. The molecule has 0 aliphatic carbocycles. The predicted octanol–water partition coefficient (Wildman–Crippen LogP) is -8.16. The molecule has 13 atom stereocenters. The van der Waals surface area contributed by atoms with Gasteiger partial charge in [-0.1, -0.05) is 48.0 Å². The Morgan fingerprint density at radius 1 is 0.400 bits per heavy atom. The van der Waals surface area contributed by atoms with E-state index in [0.717, 1.165) is 6.92 Å². The van der Waals surface area contributed by atoms with Crippen molar-refractivity contribution in [3.63, 3.8) is 0 Å². The van der Waals surface area contributed by atoms with Gasteiger partial charge >= 0.3 is 11.9 Å². The third-order valence-electron chi connectivity index (χ3n) is 16.3. The number of hydrogen-bond acceptors (Lipinski definition) is 22. The molecule has 0 aliphatic heterocycles. The van der Waals surface area contributed by atoms with Crippen LogP contribution in [0.25, 0.3) is 0 Å². The molecule has 0 saturated carbocycles. The number of nitrogens with zero attached hydrogens (tertiary/aromatic N) is 2.